The molecule has 0 radical (unpaired) electrons. The first-order valence-electron chi connectivity index (χ1n) is 6.57. The molecular formula is C14H10BrF8NO. The number of rotatable bonds is 3. The highest BCUT2D eigenvalue weighted by atomic mass is 79.9. The van der Waals surface area contributed by atoms with Gasteiger partial charge in [0, 0.05) is 6.42 Å². The van der Waals surface area contributed by atoms with Crippen LogP contribution in [-0.4, -0.2) is 24.4 Å². The number of pyridine rings is 1. The van der Waals surface area contributed by atoms with Crippen LogP contribution in [0.2, 0.25) is 0 Å². The van der Waals surface area contributed by atoms with E-state index in [1.165, 1.54) is 0 Å². The average molecular weight is 440 g/mol. The molecule has 11 heteroatoms. The van der Waals surface area contributed by atoms with E-state index in [1.54, 1.807) is 6.92 Å². The summed E-state index contributed by atoms with van der Waals surface area (Å²) < 4.78 is 110. The van der Waals surface area contributed by atoms with Gasteiger partial charge in [0.2, 0.25) is 0 Å². The number of hydrogen-bond acceptors (Lipinski definition) is 2. The third-order valence-electron chi connectivity index (χ3n) is 2.96. The predicted molar refractivity (Wildman–Crippen MR) is 75.1 cm³/mol. The summed E-state index contributed by atoms with van der Waals surface area (Å²) in [4.78, 5) is 3.40. The molecule has 0 saturated carbocycles. The Morgan fingerprint density at radius 3 is 2.00 bits per heavy atom. The number of methoxy groups -OCH3 is 1. The van der Waals surface area contributed by atoms with E-state index in [4.69, 9.17) is 0 Å². The van der Waals surface area contributed by atoms with Crippen LogP contribution >= 0.6 is 15.9 Å². The van der Waals surface area contributed by atoms with E-state index in [9.17, 15) is 35.1 Å². The third kappa shape index (κ3) is 3.83. The molecule has 0 bridgehead atoms. The SMILES string of the molecule is CCCC#Cc1nc(Br)c(F)c(C(F)(C(F)(F)F)C(F)(F)F)c1OC. The van der Waals surface area contributed by atoms with Crippen molar-refractivity contribution >= 4 is 15.9 Å². The molecule has 0 spiro atoms. The Balaban J connectivity index is 3.93. The Bertz CT molecular complexity index is 688. The quantitative estimate of drug-likeness (QED) is 0.355. The minimum absolute atomic E-state index is 0.231. The zero-order valence-corrected chi connectivity index (χ0v) is 14.3. The lowest BCUT2D eigenvalue weighted by molar-refractivity contribution is -0.349. The molecule has 0 aliphatic carbocycles. The van der Waals surface area contributed by atoms with Crippen LogP contribution in [-0.2, 0) is 5.67 Å². The van der Waals surface area contributed by atoms with Gasteiger partial charge < -0.3 is 4.74 Å². The van der Waals surface area contributed by atoms with E-state index in [0.29, 0.717) is 13.5 Å². The number of ether oxygens (including phenoxy) is 1. The molecule has 1 aromatic rings. The monoisotopic (exact) mass is 439 g/mol. The van der Waals surface area contributed by atoms with Crippen molar-refractivity contribution in [3.63, 3.8) is 0 Å². The summed E-state index contributed by atoms with van der Waals surface area (Å²) in [6, 6.07) is 0. The van der Waals surface area contributed by atoms with Crippen molar-refractivity contribution in [2.45, 2.75) is 37.8 Å². The smallest absolute Gasteiger partial charge is 0.436 e. The van der Waals surface area contributed by atoms with Crippen molar-refractivity contribution in [3.8, 4) is 17.6 Å². The van der Waals surface area contributed by atoms with Gasteiger partial charge in [0.1, 0.15) is 4.60 Å². The third-order valence-corrected chi connectivity index (χ3v) is 3.49. The van der Waals surface area contributed by atoms with Gasteiger partial charge in [-0.1, -0.05) is 12.8 Å². The number of unbranched alkanes of at least 4 members (excludes halogenated alkanes) is 1. The molecular weight excluding hydrogens is 430 g/mol. The maximum Gasteiger partial charge on any atom is 0.436 e. The van der Waals surface area contributed by atoms with Gasteiger partial charge >= 0.3 is 18.0 Å². The summed E-state index contributed by atoms with van der Waals surface area (Å²) >= 11 is 2.38. The van der Waals surface area contributed by atoms with E-state index >= 15 is 0 Å². The fourth-order valence-electron chi connectivity index (χ4n) is 1.83. The minimum Gasteiger partial charge on any atom is -0.493 e. The molecule has 0 amide bonds. The second-order valence-corrected chi connectivity index (χ2v) is 5.43. The van der Waals surface area contributed by atoms with E-state index in [1.807, 2.05) is 0 Å². The molecule has 0 saturated heterocycles. The van der Waals surface area contributed by atoms with E-state index in [-0.39, 0.29) is 6.42 Å². The zero-order chi connectivity index (χ0) is 19.6. The summed E-state index contributed by atoms with van der Waals surface area (Å²) in [5.41, 5.74) is -9.14. The predicted octanol–water partition coefficient (Wildman–Crippen LogP) is 5.43. The highest BCUT2D eigenvalue weighted by Gasteiger charge is 2.75. The van der Waals surface area contributed by atoms with Crippen LogP contribution in [0.1, 0.15) is 31.0 Å². The normalized spacial score (nSPS) is 12.6. The molecule has 1 aromatic heterocycles. The first kappa shape index (κ1) is 21.5. The molecule has 140 valence electrons. The summed E-state index contributed by atoms with van der Waals surface area (Å²) in [5.74, 6) is 1.01. The Labute approximate surface area is 145 Å². The Kier molecular flexibility index (Phi) is 6.32. The van der Waals surface area contributed by atoms with Gasteiger partial charge in [-0.05, 0) is 28.3 Å². The highest BCUT2D eigenvalue weighted by Crippen LogP contribution is 2.56. The van der Waals surface area contributed by atoms with Crippen LogP contribution < -0.4 is 4.74 Å². The summed E-state index contributed by atoms with van der Waals surface area (Å²) in [7, 11) is 0.659. The van der Waals surface area contributed by atoms with Crippen LogP contribution in [0.15, 0.2) is 4.60 Å². The lowest BCUT2D eigenvalue weighted by Crippen LogP contribution is -2.51. The lowest BCUT2D eigenvalue weighted by atomic mass is 9.92. The molecule has 0 aliphatic heterocycles. The van der Waals surface area contributed by atoms with Gasteiger partial charge in [-0.15, -0.1) is 0 Å². The van der Waals surface area contributed by atoms with Gasteiger partial charge in [-0.25, -0.2) is 13.8 Å². The minimum atomic E-state index is -6.51. The van der Waals surface area contributed by atoms with Crippen LogP contribution in [0.25, 0.3) is 0 Å². The molecule has 0 aromatic carbocycles. The van der Waals surface area contributed by atoms with Crippen molar-refractivity contribution in [3.05, 3.63) is 21.7 Å². The van der Waals surface area contributed by atoms with Crippen LogP contribution in [0.5, 0.6) is 5.75 Å². The van der Waals surface area contributed by atoms with Gasteiger partial charge in [0.05, 0.1) is 12.7 Å². The van der Waals surface area contributed by atoms with Crippen LogP contribution in [0.4, 0.5) is 35.1 Å². The maximum atomic E-state index is 14.3. The number of hydrogen-bond donors (Lipinski definition) is 0. The van der Waals surface area contributed by atoms with Crippen molar-refractivity contribution in [2.75, 3.05) is 7.11 Å². The molecule has 2 nitrogen and oxygen atoms in total. The fourth-order valence-corrected chi connectivity index (χ4v) is 2.20. The second-order valence-electron chi connectivity index (χ2n) is 4.68. The molecule has 0 aliphatic rings. The van der Waals surface area contributed by atoms with Gasteiger partial charge in [0.15, 0.2) is 17.3 Å². The van der Waals surface area contributed by atoms with Gasteiger partial charge in [0.25, 0.3) is 0 Å². The van der Waals surface area contributed by atoms with Gasteiger partial charge in [-0.3, -0.25) is 0 Å². The average Bonchev–Trinajstić information content (AvgIpc) is 2.47. The van der Waals surface area contributed by atoms with E-state index < -0.39 is 45.4 Å². The number of aromatic nitrogens is 1. The number of nitrogens with zero attached hydrogens (tertiary/aromatic N) is 1. The highest BCUT2D eigenvalue weighted by molar-refractivity contribution is 9.10. The Morgan fingerprint density at radius 2 is 1.60 bits per heavy atom. The van der Waals surface area contributed by atoms with Crippen LogP contribution in [0.3, 0.4) is 0 Å². The van der Waals surface area contributed by atoms with Crippen molar-refractivity contribution in [1.82, 2.24) is 4.98 Å². The molecule has 0 unspecified atom stereocenters. The zero-order valence-electron chi connectivity index (χ0n) is 12.7. The maximum absolute atomic E-state index is 14.3. The first-order chi connectivity index (χ1) is 11.3. The van der Waals surface area contributed by atoms with Crippen LogP contribution in [0, 0.1) is 17.7 Å². The first-order valence-corrected chi connectivity index (χ1v) is 7.36. The molecule has 25 heavy (non-hydrogen) atoms. The van der Waals surface area contributed by atoms with E-state index in [0.717, 1.165) is 0 Å². The van der Waals surface area contributed by atoms with Crippen molar-refractivity contribution in [2.24, 2.45) is 0 Å². The van der Waals surface area contributed by atoms with Crippen molar-refractivity contribution in [1.29, 1.82) is 0 Å². The fraction of sp³-hybridized carbons (Fsp3) is 0.500. The molecule has 0 atom stereocenters. The topological polar surface area (TPSA) is 22.1 Å². The van der Waals surface area contributed by atoms with Crippen molar-refractivity contribution < 1.29 is 39.9 Å². The van der Waals surface area contributed by atoms with Gasteiger partial charge in [-0.2, -0.15) is 26.3 Å². The number of alkyl halides is 7. The summed E-state index contributed by atoms with van der Waals surface area (Å²) in [6.45, 7) is 1.71. The largest absolute Gasteiger partial charge is 0.493 e. The molecule has 0 fully saturated rings. The van der Waals surface area contributed by atoms with E-state index in [2.05, 4.69) is 37.5 Å². The summed E-state index contributed by atoms with van der Waals surface area (Å²) in [6.07, 6.45) is -12.3. The molecule has 1 heterocycles. The number of halogens is 9. The standard InChI is InChI=1S/C14H10BrF8NO/c1-3-4-5-6-7-10(25-2)8(9(16)11(15)24-7)12(17,13(18,19)20)14(21,22)23/h3-4H2,1-2H3. The Morgan fingerprint density at radius 1 is 1.08 bits per heavy atom. The Hall–Kier alpha value is -1.57. The molecule has 1 rings (SSSR count). The summed E-state index contributed by atoms with van der Waals surface area (Å²) in [5, 5.41) is 0. The second kappa shape index (κ2) is 7.35. The lowest BCUT2D eigenvalue weighted by Gasteiger charge is -2.31. The molecule has 0 N–H and O–H groups in total.